The van der Waals surface area contributed by atoms with Gasteiger partial charge in [0, 0.05) is 18.0 Å². The number of ether oxygens (including phenoxy) is 1. The van der Waals surface area contributed by atoms with Crippen LogP contribution in [-0.2, 0) is 0 Å². The molecule has 2 aromatic carbocycles. The number of methoxy groups -OCH3 is 1. The van der Waals surface area contributed by atoms with Crippen LogP contribution in [0.4, 0.5) is 5.69 Å². The first-order valence-corrected chi connectivity index (χ1v) is 8.24. The van der Waals surface area contributed by atoms with Crippen molar-refractivity contribution < 1.29 is 9.53 Å². The van der Waals surface area contributed by atoms with E-state index in [4.69, 9.17) is 4.74 Å². The van der Waals surface area contributed by atoms with Crippen molar-refractivity contribution in [1.29, 1.82) is 0 Å². The number of hydrogen-bond donors (Lipinski definition) is 1. The fourth-order valence-corrected chi connectivity index (χ4v) is 2.90. The Labute approximate surface area is 150 Å². The molecule has 1 amide bonds. The predicted octanol–water partition coefficient (Wildman–Crippen LogP) is 4.26. The van der Waals surface area contributed by atoms with E-state index in [0.29, 0.717) is 17.0 Å². The summed E-state index contributed by atoms with van der Waals surface area (Å²) in [6, 6.07) is 20.6. The molecule has 2 heterocycles. The van der Waals surface area contributed by atoms with Crippen LogP contribution in [0.2, 0.25) is 0 Å². The van der Waals surface area contributed by atoms with Crippen LogP contribution in [0.3, 0.4) is 0 Å². The Morgan fingerprint density at radius 2 is 1.77 bits per heavy atom. The molecule has 0 saturated carbocycles. The number of pyridine rings is 1. The topological polar surface area (TPSA) is 55.6 Å². The van der Waals surface area contributed by atoms with Gasteiger partial charge in [-0.1, -0.05) is 36.4 Å². The zero-order valence-corrected chi connectivity index (χ0v) is 14.2. The van der Waals surface area contributed by atoms with Crippen molar-refractivity contribution in [2.45, 2.75) is 0 Å². The average molecular weight is 343 g/mol. The standard InChI is InChI=1S/C21H17N3O2/c1-26-19-11-5-3-9-16(19)21(25)23-17-10-4-2-8-15(17)18-14-24-13-7-6-12-20(24)22-18/h2-14H,1H3,(H,23,25). The lowest BCUT2D eigenvalue weighted by Gasteiger charge is -2.11. The van der Waals surface area contributed by atoms with Crippen molar-refractivity contribution in [3.63, 3.8) is 0 Å². The third-order valence-electron chi connectivity index (χ3n) is 4.17. The molecule has 0 bridgehead atoms. The van der Waals surface area contributed by atoms with Crippen LogP contribution in [0.25, 0.3) is 16.9 Å². The number of hydrogen-bond acceptors (Lipinski definition) is 3. The summed E-state index contributed by atoms with van der Waals surface area (Å²) < 4.78 is 7.23. The number of nitrogens with zero attached hydrogens (tertiary/aromatic N) is 2. The van der Waals surface area contributed by atoms with Gasteiger partial charge in [-0.15, -0.1) is 0 Å². The minimum atomic E-state index is -0.223. The molecule has 0 aliphatic carbocycles. The third-order valence-corrected chi connectivity index (χ3v) is 4.17. The first-order chi connectivity index (χ1) is 12.8. The lowest BCUT2D eigenvalue weighted by molar-refractivity contribution is 0.102. The molecule has 0 atom stereocenters. The van der Waals surface area contributed by atoms with Gasteiger partial charge in [-0.2, -0.15) is 0 Å². The van der Waals surface area contributed by atoms with Crippen LogP contribution in [-0.4, -0.2) is 22.4 Å². The van der Waals surface area contributed by atoms with Crippen LogP contribution in [0.1, 0.15) is 10.4 Å². The fraction of sp³-hybridized carbons (Fsp3) is 0.0476. The fourth-order valence-electron chi connectivity index (χ4n) is 2.90. The minimum Gasteiger partial charge on any atom is -0.496 e. The van der Waals surface area contributed by atoms with Gasteiger partial charge in [0.1, 0.15) is 11.4 Å². The molecule has 0 aliphatic heterocycles. The zero-order chi connectivity index (χ0) is 17.9. The molecule has 0 saturated heterocycles. The second-order valence-corrected chi connectivity index (χ2v) is 5.79. The molecule has 0 spiro atoms. The average Bonchev–Trinajstić information content (AvgIpc) is 3.12. The normalized spacial score (nSPS) is 10.7. The number of carbonyl (C=O) groups excluding carboxylic acids is 1. The van der Waals surface area contributed by atoms with Gasteiger partial charge >= 0.3 is 0 Å². The number of rotatable bonds is 4. The highest BCUT2D eigenvalue weighted by Gasteiger charge is 2.15. The van der Waals surface area contributed by atoms with Crippen molar-refractivity contribution in [3.05, 3.63) is 84.7 Å². The van der Waals surface area contributed by atoms with Gasteiger partial charge in [-0.05, 0) is 30.3 Å². The van der Waals surface area contributed by atoms with Gasteiger partial charge in [0.25, 0.3) is 5.91 Å². The third kappa shape index (κ3) is 2.91. The van der Waals surface area contributed by atoms with E-state index in [1.54, 1.807) is 19.2 Å². The first-order valence-electron chi connectivity index (χ1n) is 8.24. The summed E-state index contributed by atoms with van der Waals surface area (Å²) >= 11 is 0. The molecular weight excluding hydrogens is 326 g/mol. The van der Waals surface area contributed by atoms with Crippen LogP contribution in [0.15, 0.2) is 79.1 Å². The second kappa shape index (κ2) is 6.72. The molecular formula is C21H17N3O2. The monoisotopic (exact) mass is 343 g/mol. The summed E-state index contributed by atoms with van der Waals surface area (Å²) in [5.41, 5.74) is 3.70. The Bertz CT molecular complexity index is 1050. The maximum atomic E-state index is 12.7. The lowest BCUT2D eigenvalue weighted by atomic mass is 10.1. The molecule has 4 rings (SSSR count). The van der Waals surface area contributed by atoms with Crippen molar-refractivity contribution in [3.8, 4) is 17.0 Å². The highest BCUT2D eigenvalue weighted by atomic mass is 16.5. The Morgan fingerprint density at radius 1 is 1.00 bits per heavy atom. The predicted molar refractivity (Wildman–Crippen MR) is 102 cm³/mol. The van der Waals surface area contributed by atoms with Gasteiger partial charge in [-0.3, -0.25) is 4.79 Å². The molecule has 1 N–H and O–H groups in total. The van der Waals surface area contributed by atoms with Gasteiger partial charge in [0.15, 0.2) is 0 Å². The number of imidazole rings is 1. The van der Waals surface area contributed by atoms with E-state index in [1.807, 2.05) is 71.4 Å². The number of para-hydroxylation sites is 2. The SMILES string of the molecule is COc1ccccc1C(=O)Nc1ccccc1-c1cn2ccccc2n1. The van der Waals surface area contributed by atoms with E-state index in [-0.39, 0.29) is 5.91 Å². The molecule has 26 heavy (non-hydrogen) atoms. The number of carbonyl (C=O) groups is 1. The molecule has 0 radical (unpaired) electrons. The zero-order valence-electron chi connectivity index (χ0n) is 14.2. The lowest BCUT2D eigenvalue weighted by Crippen LogP contribution is -2.13. The van der Waals surface area contributed by atoms with E-state index >= 15 is 0 Å². The van der Waals surface area contributed by atoms with Crippen molar-refractivity contribution in [2.75, 3.05) is 12.4 Å². The van der Waals surface area contributed by atoms with Crippen molar-refractivity contribution in [2.24, 2.45) is 0 Å². The first kappa shape index (κ1) is 15.9. The number of amides is 1. The molecule has 5 heteroatoms. The summed E-state index contributed by atoms with van der Waals surface area (Å²) in [4.78, 5) is 17.4. The van der Waals surface area contributed by atoms with E-state index in [2.05, 4.69) is 10.3 Å². The van der Waals surface area contributed by atoms with Crippen LogP contribution < -0.4 is 10.1 Å². The van der Waals surface area contributed by atoms with Crippen molar-refractivity contribution >= 4 is 17.2 Å². The molecule has 4 aromatic rings. The maximum absolute atomic E-state index is 12.7. The van der Waals surface area contributed by atoms with Crippen LogP contribution in [0.5, 0.6) is 5.75 Å². The van der Waals surface area contributed by atoms with E-state index in [0.717, 1.165) is 16.9 Å². The summed E-state index contributed by atoms with van der Waals surface area (Å²) in [5, 5.41) is 2.98. The highest BCUT2D eigenvalue weighted by Crippen LogP contribution is 2.28. The minimum absolute atomic E-state index is 0.223. The highest BCUT2D eigenvalue weighted by molar-refractivity contribution is 6.07. The van der Waals surface area contributed by atoms with Gasteiger partial charge in [0.2, 0.25) is 0 Å². The summed E-state index contributed by atoms with van der Waals surface area (Å²) in [7, 11) is 1.55. The smallest absolute Gasteiger partial charge is 0.259 e. The molecule has 128 valence electrons. The molecule has 5 nitrogen and oxygen atoms in total. The van der Waals surface area contributed by atoms with Crippen molar-refractivity contribution in [1.82, 2.24) is 9.38 Å². The summed E-state index contributed by atoms with van der Waals surface area (Å²) in [5.74, 6) is 0.314. The number of nitrogens with one attached hydrogen (secondary N) is 1. The maximum Gasteiger partial charge on any atom is 0.259 e. The van der Waals surface area contributed by atoms with E-state index in [9.17, 15) is 4.79 Å². The van der Waals surface area contributed by atoms with E-state index in [1.165, 1.54) is 0 Å². The Morgan fingerprint density at radius 3 is 2.62 bits per heavy atom. The summed E-state index contributed by atoms with van der Waals surface area (Å²) in [6.07, 6.45) is 3.89. The number of fused-ring (bicyclic) bond motifs is 1. The number of aromatic nitrogens is 2. The molecule has 0 aliphatic rings. The Kier molecular flexibility index (Phi) is 4.11. The van der Waals surface area contributed by atoms with E-state index < -0.39 is 0 Å². The second-order valence-electron chi connectivity index (χ2n) is 5.79. The van der Waals surface area contributed by atoms with Gasteiger partial charge in [-0.25, -0.2) is 4.98 Å². The Hall–Kier alpha value is -3.60. The van der Waals surface area contributed by atoms with Crippen LogP contribution in [0, 0.1) is 0 Å². The largest absolute Gasteiger partial charge is 0.496 e. The molecule has 0 unspecified atom stereocenters. The van der Waals surface area contributed by atoms with Gasteiger partial charge in [0.05, 0.1) is 24.1 Å². The number of anilines is 1. The number of benzene rings is 2. The molecule has 2 aromatic heterocycles. The summed E-state index contributed by atoms with van der Waals surface area (Å²) in [6.45, 7) is 0. The quantitative estimate of drug-likeness (QED) is 0.602. The molecule has 0 fully saturated rings. The Balaban J connectivity index is 1.71. The van der Waals surface area contributed by atoms with Crippen LogP contribution >= 0.6 is 0 Å². The van der Waals surface area contributed by atoms with Gasteiger partial charge < -0.3 is 14.5 Å².